The molecule has 0 aliphatic carbocycles. The van der Waals surface area contributed by atoms with Crippen LogP contribution in [0.1, 0.15) is 64.9 Å². The SMILES string of the molecule is CCCCOc1cc(OCCCC)c(C(C)C)cc1-c1nnc(NS(C)(=O)=O)n1-c1ccc(OC)cc1. The van der Waals surface area contributed by atoms with E-state index in [9.17, 15) is 8.42 Å². The Bertz CT molecular complexity index is 1270. The number of unbranched alkanes of at least 4 members (excludes halogenated alkanes) is 2. The molecule has 0 saturated heterocycles. The van der Waals surface area contributed by atoms with Crippen molar-refractivity contribution in [2.75, 3.05) is 31.3 Å². The maximum absolute atomic E-state index is 12.1. The molecule has 3 aromatic rings. The molecule has 1 N–H and O–H groups in total. The van der Waals surface area contributed by atoms with Crippen LogP contribution in [-0.4, -0.2) is 49.8 Å². The van der Waals surface area contributed by atoms with E-state index < -0.39 is 10.0 Å². The molecule has 0 bridgehead atoms. The Balaban J connectivity index is 2.23. The third-order valence-electron chi connectivity index (χ3n) is 5.76. The molecule has 2 aromatic carbocycles. The van der Waals surface area contributed by atoms with Gasteiger partial charge in [0.05, 0.1) is 37.8 Å². The molecule has 0 aliphatic heterocycles. The molecule has 10 heteroatoms. The summed E-state index contributed by atoms with van der Waals surface area (Å²) >= 11 is 0. The molecule has 9 nitrogen and oxygen atoms in total. The van der Waals surface area contributed by atoms with Crippen molar-refractivity contribution in [3.8, 4) is 34.3 Å². The Morgan fingerprint density at radius 3 is 2.11 bits per heavy atom. The van der Waals surface area contributed by atoms with Crippen LogP contribution >= 0.6 is 0 Å². The molecule has 0 aliphatic rings. The van der Waals surface area contributed by atoms with E-state index in [1.165, 1.54) is 0 Å². The lowest BCUT2D eigenvalue weighted by Gasteiger charge is -2.20. The van der Waals surface area contributed by atoms with Crippen molar-refractivity contribution >= 4 is 16.0 Å². The summed E-state index contributed by atoms with van der Waals surface area (Å²) in [5, 5.41) is 8.61. The predicted molar refractivity (Wildman–Crippen MR) is 147 cm³/mol. The van der Waals surface area contributed by atoms with Crippen LogP contribution < -0.4 is 18.9 Å². The Morgan fingerprint density at radius 2 is 1.57 bits per heavy atom. The zero-order chi connectivity index (χ0) is 27.0. The van der Waals surface area contributed by atoms with Gasteiger partial charge in [0.1, 0.15) is 17.2 Å². The number of methoxy groups -OCH3 is 1. The molecule has 1 heterocycles. The Labute approximate surface area is 220 Å². The second kappa shape index (κ2) is 12.8. The average Bonchev–Trinajstić information content (AvgIpc) is 3.25. The monoisotopic (exact) mass is 530 g/mol. The molecular formula is C27H38N4O5S. The molecule has 0 saturated carbocycles. The standard InChI is InChI=1S/C27H38N4O5S/c1-7-9-15-35-24-18-25(36-16-10-8-2)23(17-22(24)19(3)4)26-28-29-27(30-37(6,32)33)31(26)20-11-13-21(34-5)14-12-20/h11-14,17-19H,7-10,15-16H2,1-6H3,(H,29,30). The first kappa shape index (κ1) is 28.3. The quantitative estimate of drug-likeness (QED) is 0.263. The molecular weight excluding hydrogens is 492 g/mol. The fourth-order valence-electron chi connectivity index (χ4n) is 3.77. The number of sulfonamides is 1. The van der Waals surface area contributed by atoms with Crippen LogP contribution in [0.15, 0.2) is 36.4 Å². The topological polar surface area (TPSA) is 105 Å². The normalized spacial score (nSPS) is 11.5. The van der Waals surface area contributed by atoms with E-state index in [1.54, 1.807) is 23.8 Å². The maximum Gasteiger partial charge on any atom is 0.243 e. The van der Waals surface area contributed by atoms with Gasteiger partial charge in [0, 0.05) is 6.07 Å². The summed E-state index contributed by atoms with van der Waals surface area (Å²) in [6.07, 6.45) is 4.96. The lowest BCUT2D eigenvalue weighted by Crippen LogP contribution is -2.14. The molecule has 0 atom stereocenters. The largest absolute Gasteiger partial charge is 0.497 e. The number of nitrogens with zero attached hydrogens (tertiary/aromatic N) is 3. The number of aromatic nitrogens is 3. The highest BCUT2D eigenvalue weighted by atomic mass is 32.2. The first-order valence-corrected chi connectivity index (χ1v) is 14.6. The Hall–Kier alpha value is -3.27. The summed E-state index contributed by atoms with van der Waals surface area (Å²) in [5.41, 5.74) is 2.38. The average molecular weight is 531 g/mol. The number of anilines is 1. The molecule has 202 valence electrons. The van der Waals surface area contributed by atoms with Crippen LogP contribution in [0.3, 0.4) is 0 Å². The lowest BCUT2D eigenvalue weighted by molar-refractivity contribution is 0.292. The van der Waals surface area contributed by atoms with Gasteiger partial charge in [0.25, 0.3) is 0 Å². The van der Waals surface area contributed by atoms with Crippen LogP contribution in [0, 0.1) is 0 Å². The molecule has 0 radical (unpaired) electrons. The van der Waals surface area contributed by atoms with E-state index in [-0.39, 0.29) is 11.9 Å². The van der Waals surface area contributed by atoms with Crippen molar-refractivity contribution in [2.24, 2.45) is 0 Å². The number of hydrogen-bond donors (Lipinski definition) is 1. The van der Waals surface area contributed by atoms with Gasteiger partial charge < -0.3 is 14.2 Å². The second-order valence-corrected chi connectivity index (χ2v) is 10.9. The summed E-state index contributed by atoms with van der Waals surface area (Å²) in [6, 6.07) is 11.2. The van der Waals surface area contributed by atoms with Gasteiger partial charge in [-0.25, -0.2) is 8.42 Å². The van der Waals surface area contributed by atoms with E-state index >= 15 is 0 Å². The van der Waals surface area contributed by atoms with Crippen LogP contribution in [0.4, 0.5) is 5.95 Å². The van der Waals surface area contributed by atoms with Gasteiger partial charge in [-0.2, -0.15) is 0 Å². The number of nitrogens with one attached hydrogen (secondary N) is 1. The highest BCUT2D eigenvalue weighted by molar-refractivity contribution is 7.92. The fraction of sp³-hybridized carbons (Fsp3) is 0.481. The van der Waals surface area contributed by atoms with Crippen LogP contribution in [-0.2, 0) is 10.0 Å². The van der Waals surface area contributed by atoms with E-state index in [0.717, 1.165) is 43.3 Å². The van der Waals surface area contributed by atoms with E-state index in [4.69, 9.17) is 14.2 Å². The summed E-state index contributed by atoms with van der Waals surface area (Å²) in [4.78, 5) is 0. The van der Waals surface area contributed by atoms with Gasteiger partial charge >= 0.3 is 0 Å². The van der Waals surface area contributed by atoms with E-state index in [0.29, 0.717) is 41.8 Å². The summed E-state index contributed by atoms with van der Waals surface area (Å²) in [6.45, 7) is 9.60. The van der Waals surface area contributed by atoms with Gasteiger partial charge in [0.2, 0.25) is 16.0 Å². The second-order valence-electron chi connectivity index (χ2n) is 9.20. The number of ether oxygens (including phenoxy) is 3. The zero-order valence-electron chi connectivity index (χ0n) is 22.6. The molecule has 0 spiro atoms. The Kier molecular flexibility index (Phi) is 9.79. The Morgan fingerprint density at radius 1 is 0.946 bits per heavy atom. The molecule has 37 heavy (non-hydrogen) atoms. The van der Waals surface area contributed by atoms with E-state index in [2.05, 4.69) is 42.6 Å². The number of hydrogen-bond acceptors (Lipinski definition) is 7. The summed E-state index contributed by atoms with van der Waals surface area (Å²) in [7, 11) is -2.02. The van der Waals surface area contributed by atoms with Crippen molar-refractivity contribution in [3.05, 3.63) is 42.0 Å². The first-order chi connectivity index (χ1) is 17.7. The smallest absolute Gasteiger partial charge is 0.243 e. The zero-order valence-corrected chi connectivity index (χ0v) is 23.4. The third-order valence-corrected chi connectivity index (χ3v) is 6.31. The molecule has 1 aromatic heterocycles. The van der Waals surface area contributed by atoms with Crippen molar-refractivity contribution in [3.63, 3.8) is 0 Å². The summed E-state index contributed by atoms with van der Waals surface area (Å²) < 4.78 is 46.1. The first-order valence-electron chi connectivity index (χ1n) is 12.7. The van der Waals surface area contributed by atoms with Crippen LogP contribution in [0.25, 0.3) is 17.1 Å². The third kappa shape index (κ3) is 7.38. The lowest BCUT2D eigenvalue weighted by atomic mass is 9.98. The summed E-state index contributed by atoms with van der Waals surface area (Å²) in [5.74, 6) is 2.77. The minimum absolute atomic E-state index is 0.0801. The van der Waals surface area contributed by atoms with Gasteiger partial charge in [0.15, 0.2) is 5.82 Å². The number of rotatable bonds is 14. The van der Waals surface area contributed by atoms with Crippen molar-refractivity contribution in [1.82, 2.24) is 14.8 Å². The van der Waals surface area contributed by atoms with Gasteiger partial charge in [-0.3, -0.25) is 9.29 Å². The van der Waals surface area contributed by atoms with Crippen molar-refractivity contribution in [2.45, 2.75) is 59.3 Å². The highest BCUT2D eigenvalue weighted by Gasteiger charge is 2.24. The van der Waals surface area contributed by atoms with Gasteiger partial charge in [-0.05, 0) is 54.7 Å². The molecule has 0 amide bonds. The van der Waals surface area contributed by atoms with Crippen LogP contribution in [0.5, 0.6) is 17.2 Å². The van der Waals surface area contributed by atoms with Gasteiger partial charge in [-0.15, -0.1) is 10.2 Å². The van der Waals surface area contributed by atoms with Crippen molar-refractivity contribution in [1.29, 1.82) is 0 Å². The molecule has 0 unspecified atom stereocenters. The molecule has 3 rings (SSSR count). The van der Waals surface area contributed by atoms with E-state index in [1.807, 2.05) is 24.3 Å². The highest BCUT2D eigenvalue weighted by Crippen LogP contribution is 2.40. The number of benzene rings is 2. The maximum atomic E-state index is 12.1. The van der Waals surface area contributed by atoms with Crippen LogP contribution in [0.2, 0.25) is 0 Å². The molecule has 0 fully saturated rings. The predicted octanol–water partition coefficient (Wildman–Crippen LogP) is 5.80. The minimum Gasteiger partial charge on any atom is -0.497 e. The van der Waals surface area contributed by atoms with Crippen molar-refractivity contribution < 1.29 is 22.6 Å². The minimum atomic E-state index is -3.61. The fourth-order valence-corrected chi connectivity index (χ4v) is 4.23. The van der Waals surface area contributed by atoms with Gasteiger partial charge in [-0.1, -0.05) is 40.5 Å².